The monoisotopic (exact) mass is 432 g/mol. The van der Waals surface area contributed by atoms with Gasteiger partial charge in [0.15, 0.2) is 0 Å². The van der Waals surface area contributed by atoms with Crippen molar-refractivity contribution in [3.63, 3.8) is 0 Å². The van der Waals surface area contributed by atoms with E-state index in [1.54, 1.807) is 28.4 Å². The minimum atomic E-state index is -0.00542. The van der Waals surface area contributed by atoms with Gasteiger partial charge in [0.05, 0.1) is 22.2 Å². The van der Waals surface area contributed by atoms with Crippen molar-refractivity contribution in [3.05, 3.63) is 72.0 Å². The minimum Gasteiger partial charge on any atom is -0.326 e. The molecule has 4 heterocycles. The number of H-pyrrole nitrogens is 1. The molecule has 0 aliphatic carbocycles. The van der Waals surface area contributed by atoms with E-state index in [0.29, 0.717) is 0 Å². The van der Waals surface area contributed by atoms with E-state index in [1.807, 2.05) is 42.6 Å². The Labute approximate surface area is 184 Å². The van der Waals surface area contributed by atoms with Crippen molar-refractivity contribution in [3.8, 4) is 16.3 Å². The van der Waals surface area contributed by atoms with E-state index in [4.69, 9.17) is 0 Å². The number of hydrogen-bond acceptors (Lipinski definition) is 5. The van der Waals surface area contributed by atoms with E-state index >= 15 is 0 Å². The lowest BCUT2D eigenvalue weighted by molar-refractivity contribution is -0.121. The summed E-state index contributed by atoms with van der Waals surface area (Å²) in [5.74, 6) is 0.0841. The van der Waals surface area contributed by atoms with Crippen LogP contribution in [-0.2, 0) is 11.3 Å². The smallest absolute Gasteiger partial charge is 0.228 e. The first-order valence-electron chi connectivity index (χ1n) is 10.5. The van der Waals surface area contributed by atoms with Crippen LogP contribution in [0.15, 0.2) is 67.1 Å². The number of benzene rings is 1. The fourth-order valence-corrected chi connectivity index (χ4v) is 5.05. The standard InChI is InChI=1S/C23H24N6OS/c30-23(26-18-5-1-6-19(14-18)29-13-3-10-25-29)17-4-2-12-28(15-17)16-20-7-8-22(31-20)21-9-11-24-27-21/h1,3,5-11,13-14,17H,2,4,12,15-16H2,(H,24,27)(H,26,30). The Morgan fingerprint density at radius 2 is 2.16 bits per heavy atom. The highest BCUT2D eigenvalue weighted by Crippen LogP contribution is 2.28. The zero-order valence-corrected chi connectivity index (χ0v) is 17.9. The van der Waals surface area contributed by atoms with Crippen molar-refractivity contribution in [2.24, 2.45) is 5.92 Å². The third-order valence-corrected chi connectivity index (χ3v) is 6.67. The molecular weight excluding hydrogens is 408 g/mol. The summed E-state index contributed by atoms with van der Waals surface area (Å²) in [7, 11) is 0. The van der Waals surface area contributed by atoms with Crippen LogP contribution in [0.3, 0.4) is 0 Å². The third kappa shape index (κ3) is 4.60. The molecule has 158 valence electrons. The van der Waals surface area contributed by atoms with Crippen molar-refractivity contribution in [2.45, 2.75) is 19.4 Å². The average molecular weight is 433 g/mol. The third-order valence-electron chi connectivity index (χ3n) is 5.57. The predicted molar refractivity (Wildman–Crippen MR) is 122 cm³/mol. The second-order valence-electron chi connectivity index (χ2n) is 7.80. The topological polar surface area (TPSA) is 78.8 Å². The second-order valence-corrected chi connectivity index (χ2v) is 8.97. The molecule has 1 aliphatic rings. The van der Waals surface area contributed by atoms with Gasteiger partial charge in [0.25, 0.3) is 0 Å². The van der Waals surface area contributed by atoms with Crippen molar-refractivity contribution in [1.82, 2.24) is 24.9 Å². The number of piperidine rings is 1. The number of likely N-dealkylation sites (tertiary alicyclic amines) is 1. The number of aromatic nitrogens is 4. The van der Waals surface area contributed by atoms with Crippen molar-refractivity contribution in [2.75, 3.05) is 18.4 Å². The van der Waals surface area contributed by atoms with Gasteiger partial charge in [-0.2, -0.15) is 10.2 Å². The molecule has 0 saturated carbocycles. The average Bonchev–Trinajstić information content (AvgIpc) is 3.56. The number of amides is 1. The lowest BCUT2D eigenvalue weighted by Gasteiger charge is -2.31. The summed E-state index contributed by atoms with van der Waals surface area (Å²) in [5.41, 5.74) is 2.78. The van der Waals surface area contributed by atoms with Gasteiger partial charge in [-0.25, -0.2) is 4.68 Å². The number of aromatic amines is 1. The predicted octanol–water partition coefficient (Wildman–Crippen LogP) is 4.17. The highest BCUT2D eigenvalue weighted by Gasteiger charge is 2.26. The fraction of sp³-hybridized carbons (Fsp3) is 0.261. The summed E-state index contributed by atoms with van der Waals surface area (Å²) in [6.07, 6.45) is 7.36. The molecule has 1 unspecified atom stereocenters. The zero-order valence-electron chi connectivity index (χ0n) is 17.1. The number of thiophene rings is 1. The van der Waals surface area contributed by atoms with Gasteiger partial charge in [-0.05, 0) is 61.9 Å². The first-order chi connectivity index (χ1) is 15.2. The molecular formula is C23H24N6OS. The number of hydrogen-bond donors (Lipinski definition) is 2. The van der Waals surface area contributed by atoms with Crippen LogP contribution in [0.4, 0.5) is 5.69 Å². The summed E-state index contributed by atoms with van der Waals surface area (Å²) >= 11 is 1.78. The Kier molecular flexibility index (Phi) is 5.64. The van der Waals surface area contributed by atoms with Gasteiger partial charge < -0.3 is 5.32 Å². The fourth-order valence-electron chi connectivity index (χ4n) is 4.03. The summed E-state index contributed by atoms with van der Waals surface area (Å²) in [6.45, 7) is 2.68. The van der Waals surface area contributed by atoms with Crippen molar-refractivity contribution in [1.29, 1.82) is 0 Å². The molecule has 1 aliphatic heterocycles. The SMILES string of the molecule is O=C(Nc1cccc(-n2cccn2)c1)C1CCCN(Cc2ccc(-c3ccn[nH]3)s2)C1. The molecule has 2 N–H and O–H groups in total. The Morgan fingerprint density at radius 1 is 1.19 bits per heavy atom. The molecule has 1 amide bonds. The van der Waals surface area contributed by atoms with Crippen LogP contribution >= 0.6 is 11.3 Å². The Bertz CT molecular complexity index is 1130. The normalized spacial score (nSPS) is 17.0. The van der Waals surface area contributed by atoms with Crippen LogP contribution in [0.1, 0.15) is 17.7 Å². The largest absolute Gasteiger partial charge is 0.326 e. The highest BCUT2D eigenvalue weighted by atomic mass is 32.1. The lowest BCUT2D eigenvalue weighted by Crippen LogP contribution is -2.40. The molecule has 0 radical (unpaired) electrons. The van der Waals surface area contributed by atoms with E-state index < -0.39 is 0 Å². The van der Waals surface area contributed by atoms with Gasteiger partial charge >= 0.3 is 0 Å². The van der Waals surface area contributed by atoms with Crippen LogP contribution in [0.2, 0.25) is 0 Å². The first kappa shape index (κ1) is 19.7. The Hall–Kier alpha value is -3.23. The number of nitrogens with zero attached hydrogens (tertiary/aromatic N) is 4. The van der Waals surface area contributed by atoms with Crippen LogP contribution in [0.5, 0.6) is 0 Å². The molecule has 1 aromatic carbocycles. The highest BCUT2D eigenvalue weighted by molar-refractivity contribution is 7.15. The minimum absolute atomic E-state index is 0.00542. The summed E-state index contributed by atoms with van der Waals surface area (Å²) in [4.78, 5) is 17.8. The van der Waals surface area contributed by atoms with E-state index in [-0.39, 0.29) is 11.8 Å². The zero-order chi connectivity index (χ0) is 21.0. The van der Waals surface area contributed by atoms with Gasteiger partial charge in [-0.1, -0.05) is 6.07 Å². The molecule has 4 aromatic rings. The quantitative estimate of drug-likeness (QED) is 0.479. The van der Waals surface area contributed by atoms with Gasteiger partial charge in [0.2, 0.25) is 5.91 Å². The summed E-state index contributed by atoms with van der Waals surface area (Å²) in [6, 6.07) is 16.0. The summed E-state index contributed by atoms with van der Waals surface area (Å²) in [5, 5.41) is 14.4. The molecule has 1 fully saturated rings. The van der Waals surface area contributed by atoms with Crippen LogP contribution in [0.25, 0.3) is 16.3 Å². The van der Waals surface area contributed by atoms with Gasteiger partial charge in [-0.3, -0.25) is 14.8 Å². The lowest BCUT2D eigenvalue weighted by atomic mass is 9.97. The molecule has 7 nitrogen and oxygen atoms in total. The number of rotatable bonds is 6. The van der Waals surface area contributed by atoms with Crippen LogP contribution in [0, 0.1) is 5.92 Å². The van der Waals surface area contributed by atoms with Crippen LogP contribution in [-0.4, -0.2) is 43.9 Å². The van der Waals surface area contributed by atoms with Gasteiger partial charge in [-0.15, -0.1) is 11.3 Å². The van der Waals surface area contributed by atoms with Gasteiger partial charge in [0.1, 0.15) is 0 Å². The van der Waals surface area contributed by atoms with E-state index in [2.05, 4.69) is 37.6 Å². The Balaban J connectivity index is 1.20. The maximum atomic E-state index is 13.0. The Morgan fingerprint density at radius 3 is 3.00 bits per heavy atom. The molecule has 1 atom stereocenters. The maximum absolute atomic E-state index is 13.0. The van der Waals surface area contributed by atoms with E-state index in [1.165, 1.54) is 9.75 Å². The summed E-state index contributed by atoms with van der Waals surface area (Å²) < 4.78 is 1.79. The van der Waals surface area contributed by atoms with Crippen LogP contribution < -0.4 is 5.32 Å². The molecule has 5 rings (SSSR count). The number of carbonyl (C=O) groups is 1. The maximum Gasteiger partial charge on any atom is 0.228 e. The van der Waals surface area contributed by atoms with Crippen molar-refractivity contribution >= 4 is 22.9 Å². The number of nitrogens with one attached hydrogen (secondary N) is 2. The van der Waals surface area contributed by atoms with E-state index in [9.17, 15) is 4.79 Å². The number of anilines is 1. The number of carbonyl (C=O) groups excluding carboxylic acids is 1. The molecule has 1 saturated heterocycles. The first-order valence-corrected chi connectivity index (χ1v) is 11.3. The molecule has 8 heteroatoms. The molecule has 31 heavy (non-hydrogen) atoms. The molecule has 3 aromatic heterocycles. The molecule has 0 spiro atoms. The molecule has 0 bridgehead atoms. The van der Waals surface area contributed by atoms with Gasteiger partial charge in [0, 0.05) is 42.2 Å². The van der Waals surface area contributed by atoms with Crippen molar-refractivity contribution < 1.29 is 4.79 Å². The van der Waals surface area contributed by atoms with E-state index in [0.717, 1.165) is 49.5 Å². The second kappa shape index (κ2) is 8.87.